The molecule has 3 aromatic carbocycles. The van der Waals surface area contributed by atoms with E-state index in [1.54, 1.807) is 29.2 Å². The Morgan fingerprint density at radius 1 is 0.905 bits per heavy atom. The lowest BCUT2D eigenvalue weighted by molar-refractivity contribution is -0.133. The summed E-state index contributed by atoms with van der Waals surface area (Å²) in [5.41, 5.74) is 11.2. The van der Waals surface area contributed by atoms with Crippen LogP contribution in [0.15, 0.2) is 72.9 Å². The molecule has 218 valence electrons. The second kappa shape index (κ2) is 13.4. The van der Waals surface area contributed by atoms with Gasteiger partial charge in [-0.25, -0.2) is 0 Å². The van der Waals surface area contributed by atoms with Crippen molar-refractivity contribution in [2.45, 2.75) is 38.1 Å². The number of hydrogen-bond donors (Lipinski definition) is 5. The summed E-state index contributed by atoms with van der Waals surface area (Å²) >= 11 is 0. The van der Waals surface area contributed by atoms with Crippen molar-refractivity contribution in [3.8, 4) is 16.9 Å². The molecule has 6 N–H and O–H groups in total. The van der Waals surface area contributed by atoms with Gasteiger partial charge in [0.2, 0.25) is 11.8 Å². The van der Waals surface area contributed by atoms with Crippen molar-refractivity contribution >= 4 is 28.6 Å². The van der Waals surface area contributed by atoms with Crippen molar-refractivity contribution in [3.05, 3.63) is 89.6 Å². The summed E-state index contributed by atoms with van der Waals surface area (Å²) in [6.45, 7) is 1.61. The number of aromatic amines is 1. The molecule has 1 aliphatic rings. The number of aromatic hydroxyl groups is 1. The molecule has 5 rings (SSSR count). The number of fused-ring (bicyclic) bond motifs is 6. The maximum atomic E-state index is 13.5. The van der Waals surface area contributed by atoms with E-state index in [1.807, 2.05) is 48.7 Å². The van der Waals surface area contributed by atoms with Gasteiger partial charge in [-0.15, -0.1) is 0 Å². The van der Waals surface area contributed by atoms with Crippen molar-refractivity contribution in [2.24, 2.45) is 5.73 Å². The van der Waals surface area contributed by atoms with Crippen molar-refractivity contribution in [1.82, 2.24) is 20.5 Å². The number of aromatic nitrogens is 1. The number of carbonyl (C=O) groups is 3. The highest BCUT2D eigenvalue weighted by Crippen LogP contribution is 2.31. The van der Waals surface area contributed by atoms with Crippen LogP contribution in [-0.2, 0) is 22.4 Å². The number of carbonyl (C=O) groups excluding carboxylic acids is 3. The third-order valence-electron chi connectivity index (χ3n) is 7.70. The van der Waals surface area contributed by atoms with Crippen LogP contribution in [-0.4, -0.2) is 64.9 Å². The predicted molar refractivity (Wildman–Crippen MR) is 163 cm³/mol. The summed E-state index contributed by atoms with van der Waals surface area (Å²) < 4.78 is 0. The Morgan fingerprint density at radius 3 is 2.60 bits per heavy atom. The highest BCUT2D eigenvalue weighted by molar-refractivity contribution is 5.95. The number of nitrogens with two attached hydrogens (primary N) is 1. The van der Waals surface area contributed by atoms with Gasteiger partial charge in [0.15, 0.2) is 0 Å². The van der Waals surface area contributed by atoms with E-state index in [-0.39, 0.29) is 29.9 Å². The van der Waals surface area contributed by atoms with Crippen LogP contribution in [0.3, 0.4) is 0 Å². The third-order valence-corrected chi connectivity index (χ3v) is 7.70. The van der Waals surface area contributed by atoms with E-state index in [0.29, 0.717) is 63.0 Å². The molecule has 2 heterocycles. The quantitative estimate of drug-likeness (QED) is 0.258. The number of rotatable bonds is 3. The van der Waals surface area contributed by atoms with Crippen LogP contribution in [0.1, 0.15) is 40.7 Å². The number of amides is 3. The summed E-state index contributed by atoms with van der Waals surface area (Å²) in [5.74, 6) is -0.361. The molecule has 0 fully saturated rings. The first-order valence-corrected chi connectivity index (χ1v) is 14.5. The number of hydrogen-bond acceptors (Lipinski definition) is 5. The van der Waals surface area contributed by atoms with Gasteiger partial charge in [0.05, 0.1) is 6.04 Å². The minimum absolute atomic E-state index is 0.0811. The predicted octanol–water partition coefficient (Wildman–Crippen LogP) is 3.51. The summed E-state index contributed by atoms with van der Waals surface area (Å²) in [7, 11) is 0. The maximum Gasteiger partial charge on any atom is 0.251 e. The molecule has 0 unspecified atom stereocenters. The highest BCUT2D eigenvalue weighted by atomic mass is 16.3. The fraction of sp³-hybridized carbons (Fsp3) is 0.303. The minimum atomic E-state index is -0.733. The molecule has 9 nitrogen and oxygen atoms in total. The van der Waals surface area contributed by atoms with Crippen LogP contribution in [0, 0.1) is 0 Å². The summed E-state index contributed by atoms with van der Waals surface area (Å²) in [6.07, 6.45) is 4.19. The lowest BCUT2D eigenvalue weighted by Crippen LogP contribution is -2.46. The van der Waals surface area contributed by atoms with E-state index in [4.69, 9.17) is 5.73 Å². The van der Waals surface area contributed by atoms with Gasteiger partial charge in [0.25, 0.3) is 5.91 Å². The zero-order chi connectivity index (χ0) is 29.5. The lowest BCUT2D eigenvalue weighted by Gasteiger charge is -2.26. The standard InChI is InChI=1S/C33H37N5O4/c34-28(20-25-21-37-29-9-2-1-8-26(25)29)33(42)38-16-4-10-31(40)35-15-13-22-11-12-30(39)27(18-22)23-6-3-7-24(19-23)32(41)36-14-5-17-38/h1-3,6-9,11-12,18-19,21,28,37,39H,4-5,10,13-17,20,34H2,(H,35,40)(H,36,41)/t28-/m1/s1. The van der Waals surface area contributed by atoms with E-state index < -0.39 is 6.04 Å². The van der Waals surface area contributed by atoms with E-state index in [9.17, 15) is 19.5 Å². The molecule has 3 amide bonds. The van der Waals surface area contributed by atoms with Crippen molar-refractivity contribution < 1.29 is 19.5 Å². The van der Waals surface area contributed by atoms with Crippen LogP contribution in [0.2, 0.25) is 0 Å². The Hall–Kier alpha value is -4.63. The van der Waals surface area contributed by atoms with Gasteiger partial charge in [0, 0.05) is 60.8 Å². The van der Waals surface area contributed by atoms with Gasteiger partial charge in [-0.05, 0) is 72.7 Å². The number of para-hydroxylation sites is 1. The molecular weight excluding hydrogens is 530 g/mol. The molecule has 0 saturated carbocycles. The average molecular weight is 568 g/mol. The van der Waals surface area contributed by atoms with Gasteiger partial charge < -0.3 is 31.4 Å². The Kier molecular flexibility index (Phi) is 9.18. The average Bonchev–Trinajstić information content (AvgIpc) is 3.41. The molecule has 0 radical (unpaired) electrons. The lowest BCUT2D eigenvalue weighted by atomic mass is 9.98. The first-order valence-electron chi connectivity index (χ1n) is 14.5. The van der Waals surface area contributed by atoms with Gasteiger partial charge in [0.1, 0.15) is 5.75 Å². The SMILES string of the molecule is N[C@H](Cc1c[nH]c2ccccc12)C(=O)N1CCCNC(=O)c2cccc(c2)-c2cc(ccc2O)CCNC(=O)CCC1. The van der Waals surface area contributed by atoms with Gasteiger partial charge in [-0.1, -0.05) is 36.4 Å². The van der Waals surface area contributed by atoms with Gasteiger partial charge in [-0.2, -0.15) is 0 Å². The molecule has 1 atom stereocenters. The number of nitrogens with zero attached hydrogens (tertiary/aromatic N) is 1. The van der Waals surface area contributed by atoms with Crippen LogP contribution < -0.4 is 16.4 Å². The monoisotopic (exact) mass is 567 g/mol. The summed E-state index contributed by atoms with van der Waals surface area (Å²) in [4.78, 5) is 43.9. The van der Waals surface area contributed by atoms with E-state index in [0.717, 1.165) is 27.6 Å². The molecular formula is C33H37N5O4. The molecule has 1 aliphatic heterocycles. The highest BCUT2D eigenvalue weighted by Gasteiger charge is 2.22. The zero-order valence-electron chi connectivity index (χ0n) is 23.6. The van der Waals surface area contributed by atoms with Crippen LogP contribution >= 0.6 is 0 Å². The van der Waals surface area contributed by atoms with Gasteiger partial charge >= 0.3 is 0 Å². The maximum absolute atomic E-state index is 13.5. The molecule has 0 spiro atoms. The second-order valence-corrected chi connectivity index (χ2v) is 10.7. The fourth-order valence-electron chi connectivity index (χ4n) is 5.43. The van der Waals surface area contributed by atoms with Crippen molar-refractivity contribution in [3.63, 3.8) is 0 Å². The molecule has 1 aromatic heterocycles. The second-order valence-electron chi connectivity index (χ2n) is 10.7. The number of nitrogens with one attached hydrogen (secondary N) is 3. The molecule has 4 bridgehead atoms. The van der Waals surface area contributed by atoms with Gasteiger partial charge in [-0.3, -0.25) is 14.4 Å². The van der Waals surface area contributed by atoms with Crippen molar-refractivity contribution in [1.29, 1.82) is 0 Å². The molecule has 4 aromatic rings. The van der Waals surface area contributed by atoms with Crippen LogP contribution in [0.25, 0.3) is 22.0 Å². The minimum Gasteiger partial charge on any atom is -0.507 e. The van der Waals surface area contributed by atoms with Crippen molar-refractivity contribution in [2.75, 3.05) is 26.2 Å². The Balaban J connectivity index is 1.29. The Morgan fingerprint density at radius 2 is 1.71 bits per heavy atom. The normalized spacial score (nSPS) is 16.1. The summed E-state index contributed by atoms with van der Waals surface area (Å²) in [5, 5.41) is 17.4. The Bertz CT molecular complexity index is 1580. The molecule has 9 heteroatoms. The first kappa shape index (κ1) is 28.9. The topological polar surface area (TPSA) is 141 Å². The number of benzene rings is 3. The Labute approximate surface area is 245 Å². The fourth-order valence-corrected chi connectivity index (χ4v) is 5.43. The largest absolute Gasteiger partial charge is 0.507 e. The van der Waals surface area contributed by atoms with Crippen LogP contribution in [0.4, 0.5) is 0 Å². The number of phenols is 1. The molecule has 42 heavy (non-hydrogen) atoms. The van der Waals surface area contributed by atoms with E-state index >= 15 is 0 Å². The zero-order valence-corrected chi connectivity index (χ0v) is 23.6. The van der Waals surface area contributed by atoms with Crippen LogP contribution in [0.5, 0.6) is 5.75 Å². The molecule has 0 aliphatic carbocycles. The van der Waals surface area contributed by atoms with E-state index in [2.05, 4.69) is 15.6 Å². The number of phenolic OH excluding ortho intramolecular Hbond substituents is 1. The third kappa shape index (κ3) is 6.98. The first-order chi connectivity index (χ1) is 20.4. The summed E-state index contributed by atoms with van der Waals surface area (Å²) in [6, 6.07) is 19.6. The molecule has 0 saturated heterocycles. The smallest absolute Gasteiger partial charge is 0.251 e. The van der Waals surface area contributed by atoms with E-state index in [1.165, 1.54) is 0 Å². The number of H-pyrrole nitrogens is 1.